The zero-order valence-electron chi connectivity index (χ0n) is 7.63. The lowest BCUT2D eigenvalue weighted by atomic mass is 9.89. The summed E-state index contributed by atoms with van der Waals surface area (Å²) in [5.41, 5.74) is 1.77. The predicted molar refractivity (Wildman–Crippen MR) is 51.2 cm³/mol. The number of fused-ring (bicyclic) bond motifs is 1. The number of hydrogen-bond donors (Lipinski definition) is 1. The molecule has 1 atom stereocenters. The van der Waals surface area contributed by atoms with Gasteiger partial charge in [0.15, 0.2) is 0 Å². The van der Waals surface area contributed by atoms with Crippen molar-refractivity contribution < 1.29 is 0 Å². The second kappa shape index (κ2) is 3.02. The Kier molecular flexibility index (Phi) is 1.98. The Labute approximate surface area is 78.0 Å². The molecule has 0 aromatic carbocycles. The minimum Gasteiger partial charge on any atom is -0.311 e. The quantitative estimate of drug-likeness (QED) is 0.636. The first-order valence-electron chi connectivity index (χ1n) is 4.52. The number of aryl methyl sites for hydroxylation is 1. The molecule has 1 unspecified atom stereocenters. The molecule has 2 rings (SSSR count). The normalized spacial score (nSPS) is 20.2. The van der Waals surface area contributed by atoms with E-state index in [1.807, 2.05) is 0 Å². The maximum atomic E-state index is 11.5. The van der Waals surface area contributed by atoms with Crippen LogP contribution in [-0.4, -0.2) is 17.8 Å². The molecule has 1 aromatic heterocycles. The van der Waals surface area contributed by atoms with Gasteiger partial charge in [0.1, 0.15) is 5.82 Å². The first-order chi connectivity index (χ1) is 6.22. The zero-order valence-corrected chi connectivity index (χ0v) is 7.63. The van der Waals surface area contributed by atoms with Crippen molar-refractivity contribution in [1.82, 2.24) is 9.97 Å². The summed E-state index contributed by atoms with van der Waals surface area (Å²) in [4.78, 5) is 18.5. The fraction of sp³-hybridized carbons (Fsp3) is 0.556. The maximum Gasteiger partial charge on any atom is 0.254 e. The van der Waals surface area contributed by atoms with E-state index < -0.39 is 0 Å². The summed E-state index contributed by atoms with van der Waals surface area (Å²) in [5, 5.41) is 0. The standard InChI is InChI=1S/C9H11BN2O/c1-5-11-8-6(4-10)2-3-7(8)9(13)12-5/h6H,2-4H2,1H3,(H,11,12,13). The highest BCUT2D eigenvalue weighted by atomic mass is 16.1. The monoisotopic (exact) mass is 174 g/mol. The summed E-state index contributed by atoms with van der Waals surface area (Å²) in [6, 6.07) is 0. The van der Waals surface area contributed by atoms with Crippen LogP contribution in [0.5, 0.6) is 0 Å². The second-order valence-electron chi connectivity index (χ2n) is 3.49. The Morgan fingerprint density at radius 3 is 3.15 bits per heavy atom. The average Bonchev–Trinajstić information content (AvgIpc) is 2.47. The number of aromatic nitrogens is 2. The molecule has 1 heterocycles. The van der Waals surface area contributed by atoms with Crippen molar-refractivity contribution in [3.8, 4) is 0 Å². The second-order valence-corrected chi connectivity index (χ2v) is 3.49. The molecule has 0 saturated heterocycles. The zero-order chi connectivity index (χ0) is 9.42. The Hall–Kier alpha value is -1.06. The lowest BCUT2D eigenvalue weighted by Gasteiger charge is -2.06. The number of H-pyrrole nitrogens is 1. The van der Waals surface area contributed by atoms with Crippen LogP contribution >= 0.6 is 0 Å². The van der Waals surface area contributed by atoms with Crippen molar-refractivity contribution in [3.05, 3.63) is 27.4 Å². The Morgan fingerprint density at radius 2 is 2.46 bits per heavy atom. The van der Waals surface area contributed by atoms with Crippen LogP contribution in [0.4, 0.5) is 0 Å². The molecule has 4 heteroatoms. The molecule has 0 amide bonds. The average molecular weight is 174 g/mol. The molecule has 13 heavy (non-hydrogen) atoms. The number of aromatic amines is 1. The summed E-state index contributed by atoms with van der Waals surface area (Å²) >= 11 is 0. The van der Waals surface area contributed by atoms with Gasteiger partial charge in [-0.3, -0.25) is 4.79 Å². The fourth-order valence-electron chi connectivity index (χ4n) is 1.90. The van der Waals surface area contributed by atoms with Crippen LogP contribution in [0.1, 0.15) is 29.4 Å². The molecule has 3 nitrogen and oxygen atoms in total. The molecule has 0 saturated carbocycles. The minimum atomic E-state index is 0.0125. The first kappa shape index (κ1) is 8.54. The van der Waals surface area contributed by atoms with Crippen molar-refractivity contribution in [2.75, 3.05) is 0 Å². The SMILES string of the molecule is [B]CC1CCc2c1nc(C)[nH]c2=O. The van der Waals surface area contributed by atoms with Gasteiger partial charge in [-0.1, -0.05) is 6.32 Å². The number of nitrogens with one attached hydrogen (secondary N) is 1. The third kappa shape index (κ3) is 1.30. The van der Waals surface area contributed by atoms with Gasteiger partial charge < -0.3 is 4.98 Å². The van der Waals surface area contributed by atoms with E-state index in [4.69, 9.17) is 7.85 Å². The Balaban J connectivity index is 2.58. The molecule has 1 N–H and O–H groups in total. The molecule has 66 valence electrons. The van der Waals surface area contributed by atoms with E-state index >= 15 is 0 Å². The summed E-state index contributed by atoms with van der Waals surface area (Å²) in [6.45, 7) is 1.80. The van der Waals surface area contributed by atoms with Crippen LogP contribution in [0, 0.1) is 6.92 Å². The molecule has 0 aliphatic heterocycles. The molecule has 1 aliphatic carbocycles. The Morgan fingerprint density at radius 1 is 1.69 bits per heavy atom. The van der Waals surface area contributed by atoms with Crippen LogP contribution in [0.15, 0.2) is 4.79 Å². The lowest BCUT2D eigenvalue weighted by Crippen LogP contribution is -2.15. The van der Waals surface area contributed by atoms with Crippen LogP contribution in [0.3, 0.4) is 0 Å². The molecular formula is C9H11BN2O. The number of rotatable bonds is 1. The van der Waals surface area contributed by atoms with Gasteiger partial charge in [0, 0.05) is 5.56 Å². The van der Waals surface area contributed by atoms with Crippen LogP contribution < -0.4 is 5.56 Å². The van der Waals surface area contributed by atoms with Crippen molar-refractivity contribution >= 4 is 7.85 Å². The van der Waals surface area contributed by atoms with E-state index in [1.54, 1.807) is 6.92 Å². The van der Waals surface area contributed by atoms with Gasteiger partial charge in [0.05, 0.1) is 13.5 Å². The van der Waals surface area contributed by atoms with Gasteiger partial charge in [-0.25, -0.2) is 4.98 Å². The largest absolute Gasteiger partial charge is 0.311 e. The molecule has 0 fully saturated rings. The van der Waals surface area contributed by atoms with Gasteiger partial charge in [-0.05, 0) is 25.7 Å². The Bertz CT molecular complexity index is 386. The van der Waals surface area contributed by atoms with Crippen molar-refractivity contribution in [2.24, 2.45) is 0 Å². The van der Waals surface area contributed by atoms with Gasteiger partial charge in [0.25, 0.3) is 5.56 Å². The number of nitrogens with zero attached hydrogens (tertiary/aromatic N) is 1. The summed E-state index contributed by atoms with van der Waals surface area (Å²) in [6.07, 6.45) is 2.37. The van der Waals surface area contributed by atoms with E-state index in [0.29, 0.717) is 12.1 Å². The summed E-state index contributed by atoms with van der Waals surface area (Å²) < 4.78 is 0. The van der Waals surface area contributed by atoms with Crippen LogP contribution in [0.25, 0.3) is 0 Å². The van der Waals surface area contributed by atoms with E-state index in [2.05, 4.69) is 9.97 Å². The smallest absolute Gasteiger partial charge is 0.254 e. The van der Waals surface area contributed by atoms with Crippen LogP contribution in [-0.2, 0) is 6.42 Å². The van der Waals surface area contributed by atoms with Crippen molar-refractivity contribution in [1.29, 1.82) is 0 Å². The minimum absolute atomic E-state index is 0.0125. The fourth-order valence-corrected chi connectivity index (χ4v) is 1.90. The molecule has 1 aromatic rings. The topological polar surface area (TPSA) is 45.8 Å². The highest BCUT2D eigenvalue weighted by molar-refractivity contribution is 6.09. The highest BCUT2D eigenvalue weighted by Gasteiger charge is 2.24. The predicted octanol–water partition coefficient (Wildman–Crippen LogP) is 0.695. The van der Waals surface area contributed by atoms with E-state index in [9.17, 15) is 4.79 Å². The van der Waals surface area contributed by atoms with Gasteiger partial charge in [0.2, 0.25) is 0 Å². The molecule has 1 aliphatic rings. The lowest BCUT2D eigenvalue weighted by molar-refractivity contribution is 0.726. The third-order valence-electron chi connectivity index (χ3n) is 2.58. The molecule has 0 bridgehead atoms. The van der Waals surface area contributed by atoms with Gasteiger partial charge in [-0.2, -0.15) is 0 Å². The van der Waals surface area contributed by atoms with Crippen molar-refractivity contribution in [2.45, 2.75) is 32.0 Å². The van der Waals surface area contributed by atoms with E-state index in [1.165, 1.54) is 0 Å². The van der Waals surface area contributed by atoms with E-state index in [0.717, 1.165) is 24.1 Å². The summed E-state index contributed by atoms with van der Waals surface area (Å²) in [7, 11) is 5.60. The van der Waals surface area contributed by atoms with Crippen molar-refractivity contribution in [3.63, 3.8) is 0 Å². The summed E-state index contributed by atoms with van der Waals surface area (Å²) in [5.74, 6) is 0.972. The maximum absolute atomic E-state index is 11.5. The highest BCUT2D eigenvalue weighted by Crippen LogP contribution is 2.31. The molecule has 2 radical (unpaired) electrons. The molecule has 0 spiro atoms. The van der Waals surface area contributed by atoms with Crippen LogP contribution in [0.2, 0.25) is 6.32 Å². The van der Waals surface area contributed by atoms with Gasteiger partial charge >= 0.3 is 0 Å². The molecular weight excluding hydrogens is 163 g/mol. The van der Waals surface area contributed by atoms with Gasteiger partial charge in [-0.15, -0.1) is 0 Å². The first-order valence-corrected chi connectivity index (χ1v) is 4.52. The van der Waals surface area contributed by atoms with E-state index in [-0.39, 0.29) is 11.5 Å². The number of hydrogen-bond acceptors (Lipinski definition) is 2. The third-order valence-corrected chi connectivity index (χ3v) is 2.58.